The molecule has 2 amide bonds. The third-order valence-corrected chi connectivity index (χ3v) is 3.68. The van der Waals surface area contributed by atoms with E-state index in [0.29, 0.717) is 19.5 Å². The van der Waals surface area contributed by atoms with Crippen LogP contribution < -0.4 is 5.73 Å². The fraction of sp³-hybridized carbons (Fsp3) is 0.833. The summed E-state index contributed by atoms with van der Waals surface area (Å²) >= 11 is 0. The Bertz CT molecular complexity index is 272. The van der Waals surface area contributed by atoms with Crippen LogP contribution in [0.3, 0.4) is 0 Å². The van der Waals surface area contributed by atoms with Gasteiger partial charge in [0.05, 0.1) is 5.41 Å². The maximum Gasteiger partial charge on any atom is 0.235 e. The van der Waals surface area contributed by atoms with E-state index < -0.39 is 5.41 Å². The maximum atomic E-state index is 12.2. The molecule has 0 bridgehead atoms. The quantitative estimate of drug-likeness (QED) is 0.548. The summed E-state index contributed by atoms with van der Waals surface area (Å²) in [5.41, 5.74) is 4.98. The molecule has 16 heavy (non-hydrogen) atoms. The summed E-state index contributed by atoms with van der Waals surface area (Å²) in [6, 6.07) is 0. The van der Waals surface area contributed by atoms with E-state index in [0.717, 1.165) is 25.7 Å². The van der Waals surface area contributed by atoms with Gasteiger partial charge in [-0.15, -0.1) is 0 Å². The molecule has 1 heterocycles. The Labute approximate surface area is 97.2 Å². The lowest BCUT2D eigenvalue weighted by Gasteiger charge is -2.23. The highest BCUT2D eigenvalue weighted by Gasteiger charge is 2.48. The van der Waals surface area contributed by atoms with Crippen molar-refractivity contribution >= 4 is 11.8 Å². The van der Waals surface area contributed by atoms with Crippen LogP contribution >= 0.6 is 0 Å². The average Bonchev–Trinajstić information content (AvgIpc) is 2.53. The molecule has 0 saturated carbocycles. The summed E-state index contributed by atoms with van der Waals surface area (Å²) in [5, 5.41) is 0. The molecule has 0 aromatic rings. The first kappa shape index (κ1) is 13.2. The lowest BCUT2D eigenvalue weighted by molar-refractivity contribution is -0.141. The van der Waals surface area contributed by atoms with Gasteiger partial charge >= 0.3 is 0 Å². The second-order valence-corrected chi connectivity index (χ2v) is 4.51. The van der Waals surface area contributed by atoms with Gasteiger partial charge in [-0.05, 0) is 32.2 Å². The van der Waals surface area contributed by atoms with Gasteiger partial charge in [0.25, 0.3) is 0 Å². The van der Waals surface area contributed by atoms with Crippen LogP contribution in [0.1, 0.15) is 46.0 Å². The molecule has 1 saturated heterocycles. The molecule has 1 rings (SSSR count). The van der Waals surface area contributed by atoms with Gasteiger partial charge in [0, 0.05) is 13.0 Å². The monoisotopic (exact) mass is 226 g/mol. The highest BCUT2D eigenvalue weighted by molar-refractivity contribution is 6.05. The Kier molecular flexibility index (Phi) is 4.47. The van der Waals surface area contributed by atoms with E-state index in [1.54, 1.807) is 0 Å². The first-order valence-corrected chi connectivity index (χ1v) is 6.16. The number of imide groups is 1. The first-order valence-electron chi connectivity index (χ1n) is 6.16. The normalized spacial score (nSPS) is 19.6. The van der Waals surface area contributed by atoms with Crippen molar-refractivity contribution in [1.29, 1.82) is 0 Å². The van der Waals surface area contributed by atoms with E-state index in [9.17, 15) is 9.59 Å². The van der Waals surface area contributed by atoms with Gasteiger partial charge in [-0.3, -0.25) is 14.5 Å². The number of hydrogen-bond donors (Lipinski definition) is 1. The van der Waals surface area contributed by atoms with E-state index >= 15 is 0 Å². The van der Waals surface area contributed by atoms with Crippen LogP contribution in [0.25, 0.3) is 0 Å². The second-order valence-electron chi connectivity index (χ2n) is 4.51. The number of carbonyl (C=O) groups is 2. The zero-order valence-electron chi connectivity index (χ0n) is 10.3. The molecule has 0 spiro atoms. The Hall–Kier alpha value is -0.900. The van der Waals surface area contributed by atoms with Crippen molar-refractivity contribution in [2.75, 3.05) is 13.1 Å². The molecule has 1 fully saturated rings. The van der Waals surface area contributed by atoms with E-state index in [4.69, 9.17) is 5.73 Å². The van der Waals surface area contributed by atoms with Crippen molar-refractivity contribution in [1.82, 2.24) is 4.90 Å². The van der Waals surface area contributed by atoms with Crippen LogP contribution in [0.2, 0.25) is 0 Å². The van der Waals surface area contributed by atoms with Crippen LogP contribution in [-0.4, -0.2) is 29.8 Å². The molecule has 0 unspecified atom stereocenters. The molecule has 0 radical (unpaired) electrons. The number of amides is 2. The van der Waals surface area contributed by atoms with Crippen molar-refractivity contribution in [2.45, 2.75) is 46.0 Å². The predicted octanol–water partition coefficient (Wildman–Crippen LogP) is 1.29. The van der Waals surface area contributed by atoms with Crippen LogP contribution in [-0.2, 0) is 9.59 Å². The number of hydrogen-bond acceptors (Lipinski definition) is 3. The minimum Gasteiger partial charge on any atom is -0.330 e. The Morgan fingerprint density at radius 3 is 2.31 bits per heavy atom. The van der Waals surface area contributed by atoms with E-state index in [1.165, 1.54) is 4.90 Å². The fourth-order valence-electron chi connectivity index (χ4n) is 2.30. The Morgan fingerprint density at radius 1 is 1.25 bits per heavy atom. The number of nitrogens with two attached hydrogens (primary N) is 1. The molecular weight excluding hydrogens is 204 g/mol. The summed E-state index contributed by atoms with van der Waals surface area (Å²) < 4.78 is 0. The summed E-state index contributed by atoms with van der Waals surface area (Å²) in [6.45, 7) is 5.12. The van der Waals surface area contributed by atoms with Gasteiger partial charge in [-0.2, -0.15) is 0 Å². The fourth-order valence-corrected chi connectivity index (χ4v) is 2.30. The van der Waals surface area contributed by atoms with E-state index in [2.05, 4.69) is 0 Å². The standard InChI is InChI=1S/C12H22N2O2/c1-3-12(4-2)9-10(15)14(11(12)16)8-6-5-7-13/h3-9,13H2,1-2H3. The lowest BCUT2D eigenvalue weighted by atomic mass is 9.81. The van der Waals surface area contributed by atoms with E-state index in [1.807, 2.05) is 13.8 Å². The number of rotatable bonds is 6. The topological polar surface area (TPSA) is 63.4 Å². The average molecular weight is 226 g/mol. The molecular formula is C12H22N2O2. The molecule has 1 aliphatic heterocycles. The van der Waals surface area contributed by atoms with Crippen LogP contribution in [0.15, 0.2) is 0 Å². The first-order chi connectivity index (χ1) is 7.61. The van der Waals surface area contributed by atoms with Gasteiger partial charge < -0.3 is 5.73 Å². The van der Waals surface area contributed by atoms with Crippen molar-refractivity contribution in [2.24, 2.45) is 11.1 Å². The third kappa shape index (κ3) is 2.26. The largest absolute Gasteiger partial charge is 0.330 e. The van der Waals surface area contributed by atoms with Crippen molar-refractivity contribution in [3.8, 4) is 0 Å². The number of likely N-dealkylation sites (tertiary alicyclic amines) is 1. The van der Waals surface area contributed by atoms with Gasteiger partial charge in [-0.1, -0.05) is 13.8 Å². The predicted molar refractivity (Wildman–Crippen MR) is 62.6 cm³/mol. The summed E-state index contributed by atoms with van der Waals surface area (Å²) in [4.78, 5) is 25.4. The van der Waals surface area contributed by atoms with Gasteiger partial charge in [0.2, 0.25) is 11.8 Å². The molecule has 0 aromatic carbocycles. The van der Waals surface area contributed by atoms with Crippen LogP contribution in [0.4, 0.5) is 0 Å². The Balaban J connectivity index is 2.67. The third-order valence-electron chi connectivity index (χ3n) is 3.68. The molecule has 1 aliphatic rings. The SMILES string of the molecule is CCC1(CC)CC(=O)N(CCCCN)C1=O. The molecule has 92 valence electrons. The van der Waals surface area contributed by atoms with E-state index in [-0.39, 0.29) is 11.8 Å². The molecule has 2 N–H and O–H groups in total. The minimum absolute atomic E-state index is 0.00859. The van der Waals surface area contributed by atoms with Crippen molar-refractivity contribution in [3.05, 3.63) is 0 Å². The Morgan fingerprint density at radius 2 is 1.88 bits per heavy atom. The molecule has 4 nitrogen and oxygen atoms in total. The van der Waals surface area contributed by atoms with Gasteiger partial charge in [0.15, 0.2) is 0 Å². The number of nitrogens with zero attached hydrogens (tertiary/aromatic N) is 1. The van der Waals surface area contributed by atoms with Crippen molar-refractivity contribution < 1.29 is 9.59 Å². The molecule has 4 heteroatoms. The highest BCUT2D eigenvalue weighted by Crippen LogP contribution is 2.39. The zero-order valence-corrected chi connectivity index (χ0v) is 10.3. The van der Waals surface area contributed by atoms with Crippen molar-refractivity contribution in [3.63, 3.8) is 0 Å². The van der Waals surface area contributed by atoms with Gasteiger partial charge in [0.1, 0.15) is 0 Å². The summed E-state index contributed by atoms with van der Waals surface area (Å²) in [6.07, 6.45) is 3.57. The van der Waals surface area contributed by atoms with Crippen LogP contribution in [0.5, 0.6) is 0 Å². The lowest BCUT2D eigenvalue weighted by Crippen LogP contribution is -2.36. The summed E-state index contributed by atoms with van der Waals surface area (Å²) in [5.74, 6) is 0.0187. The maximum absolute atomic E-state index is 12.2. The number of unbranched alkanes of at least 4 members (excludes halogenated alkanes) is 1. The molecule has 0 atom stereocenters. The number of carbonyl (C=O) groups excluding carboxylic acids is 2. The highest BCUT2D eigenvalue weighted by atomic mass is 16.2. The summed E-state index contributed by atoms with van der Waals surface area (Å²) in [7, 11) is 0. The second kappa shape index (κ2) is 5.43. The zero-order chi connectivity index (χ0) is 12.2. The van der Waals surface area contributed by atoms with Gasteiger partial charge in [-0.25, -0.2) is 0 Å². The smallest absolute Gasteiger partial charge is 0.235 e. The van der Waals surface area contributed by atoms with Crippen LogP contribution in [0, 0.1) is 5.41 Å². The molecule has 0 aromatic heterocycles. The minimum atomic E-state index is -0.417. The molecule has 0 aliphatic carbocycles.